The van der Waals surface area contributed by atoms with Gasteiger partial charge in [0.15, 0.2) is 12.2 Å². The van der Waals surface area contributed by atoms with Crippen LogP contribution in [0.15, 0.2) is 0 Å². The Labute approximate surface area is 600 Å². The van der Waals surface area contributed by atoms with E-state index in [2.05, 4.69) is 34.6 Å². The lowest BCUT2D eigenvalue weighted by Crippen LogP contribution is -2.30. The average Bonchev–Trinajstić information content (AvgIpc) is 1.03. The van der Waals surface area contributed by atoms with Crippen molar-refractivity contribution < 1.29 is 80.2 Å². The molecule has 0 rings (SSSR count). The number of phosphoric ester groups is 2. The number of rotatable bonds is 79. The number of hydrogen-bond donors (Lipinski definition) is 3. The fourth-order valence-electron chi connectivity index (χ4n) is 12.2. The van der Waals surface area contributed by atoms with Gasteiger partial charge in [-0.3, -0.25) is 37.3 Å². The Morgan fingerprint density at radius 2 is 0.490 bits per heavy atom. The first kappa shape index (κ1) is 96.1. The van der Waals surface area contributed by atoms with E-state index in [1.807, 2.05) is 0 Å². The molecular weight excluding hydrogens is 1280 g/mol. The van der Waals surface area contributed by atoms with Crippen molar-refractivity contribution in [3.8, 4) is 0 Å². The van der Waals surface area contributed by atoms with Crippen molar-refractivity contribution in [3.63, 3.8) is 0 Å². The van der Waals surface area contributed by atoms with Crippen molar-refractivity contribution in [2.75, 3.05) is 39.6 Å². The minimum atomic E-state index is -4.96. The molecule has 0 saturated carbocycles. The molecule has 0 aromatic rings. The number of hydrogen-bond acceptors (Lipinski definition) is 15. The van der Waals surface area contributed by atoms with E-state index >= 15 is 0 Å². The Balaban J connectivity index is 5.24. The van der Waals surface area contributed by atoms with E-state index in [4.69, 9.17) is 37.0 Å². The van der Waals surface area contributed by atoms with E-state index in [-0.39, 0.29) is 25.7 Å². The maximum absolute atomic E-state index is 13.1. The van der Waals surface area contributed by atoms with Gasteiger partial charge < -0.3 is 33.8 Å². The highest BCUT2D eigenvalue weighted by molar-refractivity contribution is 7.47. The molecule has 0 radical (unpaired) electrons. The summed E-state index contributed by atoms with van der Waals surface area (Å²) in [4.78, 5) is 72.9. The zero-order valence-electron chi connectivity index (χ0n) is 63.9. The van der Waals surface area contributed by atoms with Crippen molar-refractivity contribution in [1.29, 1.82) is 0 Å². The van der Waals surface area contributed by atoms with Gasteiger partial charge in [-0.15, -0.1) is 0 Å². The highest BCUT2D eigenvalue weighted by Crippen LogP contribution is 2.45. The normalized spacial score (nSPS) is 14.2. The van der Waals surface area contributed by atoms with Crippen molar-refractivity contribution in [2.24, 2.45) is 5.92 Å². The molecule has 98 heavy (non-hydrogen) atoms. The van der Waals surface area contributed by atoms with Gasteiger partial charge in [0.25, 0.3) is 0 Å². The van der Waals surface area contributed by atoms with Gasteiger partial charge in [0, 0.05) is 25.7 Å². The Hall–Kier alpha value is -1.94. The van der Waals surface area contributed by atoms with Crippen LogP contribution in [0.3, 0.4) is 0 Å². The number of carbonyl (C=O) groups is 4. The predicted molar refractivity (Wildman–Crippen MR) is 400 cm³/mol. The number of aliphatic hydroxyl groups excluding tert-OH is 1. The summed E-state index contributed by atoms with van der Waals surface area (Å²) in [6.07, 6.45) is 62.2. The molecule has 0 aliphatic rings. The molecule has 3 N–H and O–H groups in total. The van der Waals surface area contributed by atoms with Crippen LogP contribution in [0.1, 0.15) is 420 Å². The molecule has 0 bridgehead atoms. The van der Waals surface area contributed by atoms with Gasteiger partial charge in [-0.2, -0.15) is 0 Å². The van der Waals surface area contributed by atoms with Gasteiger partial charge in [0.2, 0.25) is 0 Å². The summed E-state index contributed by atoms with van der Waals surface area (Å²) in [5.74, 6) is -1.26. The zero-order valence-corrected chi connectivity index (χ0v) is 65.7. The van der Waals surface area contributed by atoms with Crippen molar-refractivity contribution in [3.05, 3.63) is 0 Å². The van der Waals surface area contributed by atoms with Gasteiger partial charge in [-0.1, -0.05) is 369 Å². The van der Waals surface area contributed by atoms with E-state index in [9.17, 15) is 43.2 Å². The molecule has 3 unspecified atom stereocenters. The molecule has 0 fully saturated rings. The number of ether oxygens (including phenoxy) is 4. The number of carbonyl (C=O) groups excluding carboxylic acids is 4. The van der Waals surface area contributed by atoms with E-state index in [0.717, 1.165) is 95.8 Å². The molecule has 0 aromatic heterocycles. The third-order valence-corrected chi connectivity index (χ3v) is 20.8. The van der Waals surface area contributed by atoms with E-state index in [1.54, 1.807) is 0 Å². The Bertz CT molecular complexity index is 1880. The number of phosphoric acid groups is 2. The molecule has 17 nitrogen and oxygen atoms in total. The fraction of sp³-hybridized carbons (Fsp3) is 0.949. The summed E-state index contributed by atoms with van der Waals surface area (Å²) >= 11 is 0. The molecule has 0 heterocycles. The number of esters is 4. The monoisotopic (exact) mass is 1440 g/mol. The first-order chi connectivity index (χ1) is 47.6. The molecule has 0 aliphatic carbocycles. The maximum atomic E-state index is 13.1. The zero-order chi connectivity index (χ0) is 71.9. The fourth-order valence-corrected chi connectivity index (χ4v) is 13.8. The SMILES string of the molecule is CCCCCCCCCCCCCCCCCCCC(=O)OC[C@H](COP(=O)(O)OC[C@@H](O)COP(=O)(O)OC[C@@H](COC(=O)CCCCCCCCCCCC)OC(=O)CCCCCCCCCCCCCCC)OC(=O)CCCCCCCCCCCCCCCCC(C)CC. The lowest BCUT2D eigenvalue weighted by molar-refractivity contribution is -0.161. The van der Waals surface area contributed by atoms with Crippen LogP contribution in [0, 0.1) is 5.92 Å². The van der Waals surface area contributed by atoms with Gasteiger partial charge in [-0.25, -0.2) is 9.13 Å². The standard InChI is InChI=1S/C79H154O17P2/c1-6-10-13-16-19-22-25-27-28-29-30-35-38-43-48-53-58-63-77(82)90-69-75(96-79(84)65-60-55-50-45-40-36-32-31-34-37-41-46-51-56-61-72(5)9-4)71-94-98(87,88)92-67-73(80)66-91-97(85,86)93-70-74(68-89-76(81)62-57-52-47-42-24-21-18-15-12-8-3)95-78(83)64-59-54-49-44-39-33-26-23-20-17-14-11-7-2/h72-75,80H,6-71H2,1-5H3,(H,85,86)(H,87,88)/t72?,73-,74+,75+/m0/s1. The molecule has 6 atom stereocenters. The summed E-state index contributed by atoms with van der Waals surface area (Å²) in [6.45, 7) is 7.37. The van der Waals surface area contributed by atoms with Gasteiger partial charge in [0.1, 0.15) is 19.3 Å². The van der Waals surface area contributed by atoms with Crippen molar-refractivity contribution in [2.45, 2.75) is 438 Å². The van der Waals surface area contributed by atoms with Crippen molar-refractivity contribution in [1.82, 2.24) is 0 Å². The van der Waals surface area contributed by atoms with Crippen LogP contribution in [0.4, 0.5) is 0 Å². The van der Waals surface area contributed by atoms with Crippen LogP contribution in [0.5, 0.6) is 0 Å². The minimum absolute atomic E-state index is 0.108. The first-order valence-electron chi connectivity index (χ1n) is 41.2. The van der Waals surface area contributed by atoms with Crippen LogP contribution in [-0.2, 0) is 65.4 Å². The smallest absolute Gasteiger partial charge is 0.462 e. The van der Waals surface area contributed by atoms with E-state index in [1.165, 1.54) is 244 Å². The Kier molecular flexibility index (Phi) is 70.6. The number of aliphatic hydroxyl groups is 1. The first-order valence-corrected chi connectivity index (χ1v) is 44.2. The van der Waals surface area contributed by atoms with Crippen LogP contribution < -0.4 is 0 Å². The van der Waals surface area contributed by atoms with Crippen LogP contribution >= 0.6 is 15.6 Å². The summed E-state index contributed by atoms with van der Waals surface area (Å²) < 4.78 is 68.6. The van der Waals surface area contributed by atoms with E-state index < -0.39 is 97.5 Å². The molecular formula is C79H154O17P2. The minimum Gasteiger partial charge on any atom is -0.462 e. The molecule has 0 saturated heterocycles. The Morgan fingerprint density at radius 1 is 0.286 bits per heavy atom. The molecule has 582 valence electrons. The maximum Gasteiger partial charge on any atom is 0.472 e. The molecule has 19 heteroatoms. The number of unbranched alkanes of at least 4 members (excludes halogenated alkanes) is 50. The third-order valence-electron chi connectivity index (χ3n) is 18.9. The second-order valence-corrected chi connectivity index (χ2v) is 31.6. The summed E-state index contributed by atoms with van der Waals surface area (Å²) in [7, 11) is -9.91. The molecule has 0 aromatic carbocycles. The predicted octanol–water partition coefficient (Wildman–Crippen LogP) is 23.6. The van der Waals surface area contributed by atoms with E-state index in [0.29, 0.717) is 25.7 Å². The topological polar surface area (TPSA) is 237 Å². The largest absolute Gasteiger partial charge is 0.472 e. The molecule has 0 amide bonds. The second-order valence-electron chi connectivity index (χ2n) is 28.7. The van der Waals surface area contributed by atoms with Crippen LogP contribution in [0.25, 0.3) is 0 Å². The highest BCUT2D eigenvalue weighted by atomic mass is 31.2. The summed E-state index contributed by atoms with van der Waals surface area (Å²) in [5.41, 5.74) is 0. The van der Waals surface area contributed by atoms with Crippen LogP contribution in [0.2, 0.25) is 0 Å². The Morgan fingerprint density at radius 3 is 0.724 bits per heavy atom. The van der Waals surface area contributed by atoms with Gasteiger partial charge in [0.05, 0.1) is 26.4 Å². The molecule has 0 spiro atoms. The average molecular weight is 1440 g/mol. The van der Waals surface area contributed by atoms with Crippen molar-refractivity contribution >= 4 is 39.5 Å². The lowest BCUT2D eigenvalue weighted by Gasteiger charge is -2.21. The lowest BCUT2D eigenvalue weighted by atomic mass is 9.99. The van der Waals surface area contributed by atoms with Crippen LogP contribution in [-0.4, -0.2) is 96.7 Å². The second kappa shape index (κ2) is 72.0. The third kappa shape index (κ3) is 71.1. The summed E-state index contributed by atoms with van der Waals surface area (Å²) in [6, 6.07) is 0. The molecule has 0 aliphatic heterocycles. The van der Waals surface area contributed by atoms with Gasteiger partial charge in [-0.05, 0) is 31.6 Å². The quantitative estimate of drug-likeness (QED) is 0.0222. The summed E-state index contributed by atoms with van der Waals surface area (Å²) in [5, 5.41) is 10.6. The highest BCUT2D eigenvalue weighted by Gasteiger charge is 2.30. The van der Waals surface area contributed by atoms with Gasteiger partial charge >= 0.3 is 39.5 Å².